The number of rotatable bonds is 4. The summed E-state index contributed by atoms with van der Waals surface area (Å²) in [4.78, 5) is 2.53. The average Bonchev–Trinajstić information content (AvgIpc) is 3.18. The van der Waals surface area contributed by atoms with E-state index < -0.39 is 0 Å². The fourth-order valence-corrected chi connectivity index (χ4v) is 4.41. The van der Waals surface area contributed by atoms with Gasteiger partial charge in [-0.2, -0.15) is 11.3 Å². The van der Waals surface area contributed by atoms with Crippen LogP contribution >= 0.6 is 11.3 Å². The van der Waals surface area contributed by atoms with Crippen LogP contribution in [-0.2, 0) is 0 Å². The molecule has 1 aliphatic heterocycles. The highest BCUT2D eigenvalue weighted by Crippen LogP contribution is 2.33. The van der Waals surface area contributed by atoms with Crippen LogP contribution in [0.1, 0.15) is 30.4 Å². The molecule has 24 heavy (non-hydrogen) atoms. The Kier molecular flexibility index (Phi) is 4.66. The molecule has 2 heteroatoms. The van der Waals surface area contributed by atoms with Gasteiger partial charge in [0.25, 0.3) is 0 Å². The van der Waals surface area contributed by atoms with Gasteiger partial charge in [-0.25, -0.2) is 0 Å². The lowest BCUT2D eigenvalue weighted by molar-refractivity contribution is 0.361. The van der Waals surface area contributed by atoms with Gasteiger partial charge in [0.1, 0.15) is 0 Å². The van der Waals surface area contributed by atoms with Crippen molar-refractivity contribution in [2.24, 2.45) is 5.92 Å². The number of allylic oxidation sites excluding steroid dienone is 3. The molecule has 122 valence electrons. The van der Waals surface area contributed by atoms with Gasteiger partial charge in [-0.3, -0.25) is 0 Å². The largest absolute Gasteiger partial charge is 0.367 e. The van der Waals surface area contributed by atoms with Gasteiger partial charge in [0.2, 0.25) is 0 Å². The van der Waals surface area contributed by atoms with E-state index in [1.165, 1.54) is 36.1 Å². The highest BCUT2D eigenvalue weighted by atomic mass is 32.1. The highest BCUT2D eigenvalue weighted by molar-refractivity contribution is 7.08. The standard InChI is InChI=1S/C22H23NS/c1-2-8-19(9-3-1)22-11-4-5-13-23(22)16-18-7-6-10-20(15-18)21-12-14-24-17-21/h1-5,8-9,11-12,14-15,17-18H,6-7,10,13,16H2. The van der Waals surface area contributed by atoms with E-state index in [-0.39, 0.29) is 0 Å². The van der Waals surface area contributed by atoms with Gasteiger partial charge < -0.3 is 4.90 Å². The first-order valence-electron chi connectivity index (χ1n) is 8.80. The minimum absolute atomic E-state index is 0.646. The fourth-order valence-electron chi connectivity index (χ4n) is 3.73. The molecule has 0 saturated carbocycles. The second-order valence-electron chi connectivity index (χ2n) is 6.61. The Balaban J connectivity index is 1.53. The maximum absolute atomic E-state index is 2.53. The van der Waals surface area contributed by atoms with E-state index in [0.717, 1.165) is 13.1 Å². The van der Waals surface area contributed by atoms with Crippen molar-refractivity contribution in [2.75, 3.05) is 13.1 Å². The minimum atomic E-state index is 0.646. The zero-order chi connectivity index (χ0) is 16.2. The average molecular weight is 333 g/mol. The number of hydrogen-bond acceptors (Lipinski definition) is 2. The zero-order valence-corrected chi connectivity index (χ0v) is 14.7. The summed E-state index contributed by atoms with van der Waals surface area (Å²) in [7, 11) is 0. The quantitative estimate of drug-likeness (QED) is 0.679. The van der Waals surface area contributed by atoms with Crippen molar-refractivity contribution in [3.8, 4) is 0 Å². The van der Waals surface area contributed by atoms with Gasteiger partial charge in [0, 0.05) is 18.8 Å². The molecule has 2 aliphatic rings. The van der Waals surface area contributed by atoms with E-state index in [9.17, 15) is 0 Å². The Bertz CT molecular complexity index is 753. The third kappa shape index (κ3) is 3.39. The van der Waals surface area contributed by atoms with Gasteiger partial charge in [-0.05, 0) is 64.8 Å². The van der Waals surface area contributed by atoms with Crippen molar-refractivity contribution < 1.29 is 0 Å². The summed E-state index contributed by atoms with van der Waals surface area (Å²) in [6.07, 6.45) is 13.1. The molecule has 1 unspecified atom stereocenters. The maximum atomic E-state index is 2.53. The summed E-state index contributed by atoms with van der Waals surface area (Å²) >= 11 is 1.80. The Morgan fingerprint density at radius 3 is 2.83 bits per heavy atom. The van der Waals surface area contributed by atoms with Crippen molar-refractivity contribution >= 4 is 22.6 Å². The molecule has 1 aromatic heterocycles. The van der Waals surface area contributed by atoms with Crippen LogP contribution in [0, 0.1) is 5.92 Å². The number of benzene rings is 1. The molecule has 1 aliphatic carbocycles. The lowest BCUT2D eigenvalue weighted by Crippen LogP contribution is -2.30. The predicted molar refractivity (Wildman–Crippen MR) is 105 cm³/mol. The topological polar surface area (TPSA) is 3.24 Å². The van der Waals surface area contributed by atoms with Crippen molar-refractivity contribution in [3.05, 3.63) is 82.6 Å². The number of hydrogen-bond donors (Lipinski definition) is 0. The molecule has 0 spiro atoms. The van der Waals surface area contributed by atoms with Crippen LogP contribution in [0.15, 0.2) is 71.5 Å². The summed E-state index contributed by atoms with van der Waals surface area (Å²) < 4.78 is 0. The van der Waals surface area contributed by atoms with E-state index in [0.29, 0.717) is 5.92 Å². The van der Waals surface area contributed by atoms with Crippen LogP contribution in [0.2, 0.25) is 0 Å². The van der Waals surface area contributed by atoms with Gasteiger partial charge in [0.15, 0.2) is 0 Å². The molecule has 2 aromatic rings. The second-order valence-corrected chi connectivity index (χ2v) is 7.39. The third-order valence-electron chi connectivity index (χ3n) is 4.93. The van der Waals surface area contributed by atoms with Gasteiger partial charge in [-0.1, -0.05) is 48.6 Å². The summed E-state index contributed by atoms with van der Waals surface area (Å²) in [5, 5.41) is 4.47. The number of nitrogens with zero attached hydrogens (tertiary/aromatic N) is 1. The smallest absolute Gasteiger partial charge is 0.0442 e. The fraction of sp³-hybridized carbons (Fsp3) is 0.273. The zero-order valence-electron chi connectivity index (χ0n) is 13.9. The van der Waals surface area contributed by atoms with Crippen LogP contribution in [0.25, 0.3) is 11.3 Å². The van der Waals surface area contributed by atoms with Gasteiger partial charge >= 0.3 is 0 Å². The van der Waals surface area contributed by atoms with Crippen LogP contribution in [0.5, 0.6) is 0 Å². The Morgan fingerprint density at radius 2 is 2.00 bits per heavy atom. The second kappa shape index (κ2) is 7.23. The van der Waals surface area contributed by atoms with Crippen molar-refractivity contribution in [1.29, 1.82) is 0 Å². The molecule has 4 rings (SSSR count). The maximum Gasteiger partial charge on any atom is 0.0442 e. The van der Waals surface area contributed by atoms with E-state index in [1.54, 1.807) is 16.9 Å². The Labute approximate surface area is 148 Å². The summed E-state index contributed by atoms with van der Waals surface area (Å²) in [6, 6.07) is 13.0. The van der Waals surface area contributed by atoms with Crippen molar-refractivity contribution in [1.82, 2.24) is 4.90 Å². The summed E-state index contributed by atoms with van der Waals surface area (Å²) in [5.41, 5.74) is 5.65. The molecule has 0 N–H and O–H groups in total. The van der Waals surface area contributed by atoms with Crippen LogP contribution < -0.4 is 0 Å². The lowest BCUT2D eigenvalue weighted by atomic mass is 9.87. The van der Waals surface area contributed by atoms with Crippen molar-refractivity contribution in [3.63, 3.8) is 0 Å². The molecule has 0 amide bonds. The van der Waals surface area contributed by atoms with Crippen LogP contribution in [0.3, 0.4) is 0 Å². The van der Waals surface area contributed by atoms with E-state index >= 15 is 0 Å². The molecule has 0 saturated heterocycles. The molecule has 1 aromatic carbocycles. The molecule has 2 heterocycles. The first kappa shape index (κ1) is 15.5. The van der Waals surface area contributed by atoms with Gasteiger partial charge in [0.05, 0.1) is 0 Å². The minimum Gasteiger partial charge on any atom is -0.367 e. The normalized spacial score (nSPS) is 20.7. The first-order valence-corrected chi connectivity index (χ1v) is 9.75. The van der Waals surface area contributed by atoms with E-state index in [1.807, 2.05) is 0 Å². The molecule has 1 atom stereocenters. The predicted octanol–water partition coefficient (Wildman–Crippen LogP) is 5.84. The Hall–Kier alpha value is -2.06. The van der Waals surface area contributed by atoms with Gasteiger partial charge in [-0.15, -0.1) is 0 Å². The summed E-state index contributed by atoms with van der Waals surface area (Å²) in [5.74, 6) is 0.646. The first-order chi connectivity index (χ1) is 11.9. The molecular weight excluding hydrogens is 310 g/mol. The van der Waals surface area contributed by atoms with Crippen molar-refractivity contribution in [2.45, 2.75) is 19.3 Å². The lowest BCUT2D eigenvalue weighted by Gasteiger charge is -2.33. The highest BCUT2D eigenvalue weighted by Gasteiger charge is 2.20. The van der Waals surface area contributed by atoms with E-state index in [2.05, 4.69) is 76.4 Å². The molecule has 0 fully saturated rings. The SMILES string of the molecule is C1=CCN(CC2C=C(c3ccsc3)CCC2)C(c2ccccc2)=C1. The van der Waals surface area contributed by atoms with Crippen LogP contribution in [0.4, 0.5) is 0 Å². The number of thiophene rings is 1. The molecule has 1 nitrogen and oxygen atoms in total. The molecule has 0 radical (unpaired) electrons. The molecule has 0 bridgehead atoms. The van der Waals surface area contributed by atoms with E-state index in [4.69, 9.17) is 0 Å². The Morgan fingerprint density at radius 1 is 1.08 bits per heavy atom. The molecular formula is C22H23NS. The van der Waals surface area contributed by atoms with Crippen LogP contribution in [-0.4, -0.2) is 18.0 Å². The summed E-state index contributed by atoms with van der Waals surface area (Å²) in [6.45, 7) is 2.12. The monoisotopic (exact) mass is 333 g/mol. The third-order valence-corrected chi connectivity index (χ3v) is 5.61.